The van der Waals surface area contributed by atoms with Gasteiger partial charge in [0.15, 0.2) is 5.13 Å². The van der Waals surface area contributed by atoms with E-state index >= 15 is 0 Å². The average molecular weight is 441 g/mol. The van der Waals surface area contributed by atoms with Crippen molar-refractivity contribution in [3.63, 3.8) is 0 Å². The summed E-state index contributed by atoms with van der Waals surface area (Å²) in [5.74, 6) is -0.606. The number of fused-ring (bicyclic) bond motifs is 1. The van der Waals surface area contributed by atoms with E-state index in [1.807, 2.05) is 13.0 Å². The van der Waals surface area contributed by atoms with Crippen molar-refractivity contribution in [3.05, 3.63) is 47.3 Å². The first-order valence-electron chi connectivity index (χ1n) is 10.1. The van der Waals surface area contributed by atoms with E-state index in [1.54, 1.807) is 24.3 Å². The van der Waals surface area contributed by atoms with Crippen LogP contribution >= 0.6 is 11.3 Å². The number of aliphatic hydroxyl groups is 1. The maximum Gasteiger partial charge on any atom is 0.340 e. The third-order valence-electron chi connectivity index (χ3n) is 5.43. The fourth-order valence-corrected chi connectivity index (χ4v) is 4.68. The number of anilines is 2. The van der Waals surface area contributed by atoms with E-state index in [0.29, 0.717) is 17.1 Å². The van der Waals surface area contributed by atoms with Gasteiger partial charge in [0.25, 0.3) is 5.91 Å². The number of ether oxygens (including phenoxy) is 1. The molecular formula is C22H24N4O4S. The lowest BCUT2D eigenvalue weighted by Crippen LogP contribution is -2.34. The third-order valence-corrected chi connectivity index (χ3v) is 6.51. The van der Waals surface area contributed by atoms with Crippen molar-refractivity contribution < 1.29 is 19.4 Å². The fourth-order valence-electron chi connectivity index (χ4n) is 3.64. The molecule has 31 heavy (non-hydrogen) atoms. The molecule has 1 aliphatic heterocycles. The van der Waals surface area contributed by atoms with Gasteiger partial charge in [-0.05, 0) is 49.9 Å². The van der Waals surface area contributed by atoms with Crippen molar-refractivity contribution in [2.75, 3.05) is 37.0 Å². The summed E-state index contributed by atoms with van der Waals surface area (Å²) in [5, 5.41) is 13.0. The lowest BCUT2D eigenvalue weighted by molar-refractivity contribution is 0.0602. The second-order valence-electron chi connectivity index (χ2n) is 7.58. The number of piperidine rings is 1. The van der Waals surface area contributed by atoms with Gasteiger partial charge in [0.05, 0.1) is 28.6 Å². The number of nitrogens with one attached hydrogen (secondary N) is 1. The highest BCUT2D eigenvalue weighted by atomic mass is 32.1. The molecule has 8 nitrogen and oxygen atoms in total. The lowest BCUT2D eigenvalue weighted by atomic mass is 9.98. The molecule has 3 aromatic rings. The van der Waals surface area contributed by atoms with Crippen LogP contribution in [0, 0.1) is 12.8 Å². The first kappa shape index (κ1) is 21.2. The Kier molecular flexibility index (Phi) is 6.15. The van der Waals surface area contributed by atoms with Gasteiger partial charge in [-0.25, -0.2) is 14.8 Å². The molecule has 0 radical (unpaired) electrons. The predicted molar refractivity (Wildman–Crippen MR) is 120 cm³/mol. The van der Waals surface area contributed by atoms with E-state index in [-0.39, 0.29) is 17.9 Å². The lowest BCUT2D eigenvalue weighted by Gasteiger charge is -2.30. The van der Waals surface area contributed by atoms with Crippen molar-refractivity contribution in [1.82, 2.24) is 9.97 Å². The largest absolute Gasteiger partial charge is 0.465 e. The minimum absolute atomic E-state index is 0.217. The minimum Gasteiger partial charge on any atom is -0.465 e. The molecule has 0 saturated carbocycles. The monoisotopic (exact) mass is 440 g/mol. The van der Waals surface area contributed by atoms with Crippen LogP contribution in [0.25, 0.3) is 10.2 Å². The van der Waals surface area contributed by atoms with Crippen LogP contribution in [0.5, 0.6) is 0 Å². The Morgan fingerprint density at radius 3 is 2.71 bits per heavy atom. The Labute approximate surface area is 183 Å². The normalized spacial score (nSPS) is 14.6. The van der Waals surface area contributed by atoms with Gasteiger partial charge in [-0.2, -0.15) is 0 Å². The van der Waals surface area contributed by atoms with Crippen molar-refractivity contribution in [3.8, 4) is 0 Å². The summed E-state index contributed by atoms with van der Waals surface area (Å²) in [7, 11) is 1.30. The number of amides is 1. The highest BCUT2D eigenvalue weighted by Gasteiger charge is 2.23. The van der Waals surface area contributed by atoms with Crippen molar-refractivity contribution in [2.45, 2.75) is 19.8 Å². The summed E-state index contributed by atoms with van der Waals surface area (Å²) in [6.07, 6.45) is 1.84. The molecule has 1 aromatic carbocycles. The van der Waals surface area contributed by atoms with Crippen LogP contribution in [0.3, 0.4) is 0 Å². The molecule has 1 saturated heterocycles. The quantitative estimate of drug-likeness (QED) is 0.587. The van der Waals surface area contributed by atoms with Gasteiger partial charge in [-0.3, -0.25) is 4.79 Å². The summed E-state index contributed by atoms with van der Waals surface area (Å²) >= 11 is 1.51. The second-order valence-corrected chi connectivity index (χ2v) is 8.59. The number of pyridine rings is 1. The SMILES string of the molecule is COC(=O)c1cc2nc(N3CCC(CO)CC3)sc2cc1NC(=O)c1cccc(C)n1. The van der Waals surface area contributed by atoms with E-state index in [4.69, 9.17) is 9.72 Å². The van der Waals surface area contributed by atoms with Crippen LogP contribution in [0.2, 0.25) is 0 Å². The van der Waals surface area contributed by atoms with Gasteiger partial charge in [0, 0.05) is 25.4 Å². The van der Waals surface area contributed by atoms with Crippen LogP contribution in [-0.4, -0.2) is 53.8 Å². The Hall–Kier alpha value is -3.04. The van der Waals surface area contributed by atoms with E-state index in [9.17, 15) is 14.7 Å². The molecule has 2 aromatic heterocycles. The number of esters is 1. The van der Waals surface area contributed by atoms with E-state index in [2.05, 4.69) is 15.2 Å². The molecule has 4 rings (SSSR count). The molecule has 1 amide bonds. The molecule has 0 atom stereocenters. The zero-order valence-corrected chi connectivity index (χ0v) is 18.2. The van der Waals surface area contributed by atoms with Crippen molar-refractivity contribution in [2.24, 2.45) is 5.92 Å². The standard InChI is InChI=1S/C22H24N4O4S/c1-13-4-3-5-16(23-13)20(28)24-17-11-19-18(10-15(17)21(29)30-2)25-22(31-19)26-8-6-14(12-27)7-9-26/h3-5,10-11,14,27H,6-9,12H2,1-2H3,(H,24,28). The van der Waals surface area contributed by atoms with Gasteiger partial charge in [0.2, 0.25) is 0 Å². The first-order valence-corrected chi connectivity index (χ1v) is 10.9. The number of carbonyl (C=O) groups excluding carboxylic acids is 2. The van der Waals surface area contributed by atoms with Crippen molar-refractivity contribution in [1.29, 1.82) is 0 Å². The average Bonchev–Trinajstić information content (AvgIpc) is 3.21. The Bertz CT molecular complexity index is 1120. The van der Waals surface area contributed by atoms with E-state index < -0.39 is 11.9 Å². The molecule has 0 bridgehead atoms. The number of aromatic nitrogens is 2. The van der Waals surface area contributed by atoms with Gasteiger partial charge < -0.3 is 20.1 Å². The smallest absolute Gasteiger partial charge is 0.340 e. The first-order chi connectivity index (χ1) is 15.0. The Morgan fingerprint density at radius 2 is 2.03 bits per heavy atom. The van der Waals surface area contributed by atoms with Gasteiger partial charge in [-0.15, -0.1) is 0 Å². The summed E-state index contributed by atoms with van der Waals surface area (Å²) in [4.78, 5) is 36.2. The van der Waals surface area contributed by atoms with Crippen LogP contribution in [-0.2, 0) is 4.74 Å². The number of nitrogens with zero attached hydrogens (tertiary/aromatic N) is 3. The summed E-state index contributed by atoms with van der Waals surface area (Å²) in [6.45, 7) is 3.69. The molecule has 2 N–H and O–H groups in total. The number of aliphatic hydroxyl groups excluding tert-OH is 1. The molecule has 0 aliphatic carbocycles. The Balaban J connectivity index is 1.65. The molecular weight excluding hydrogens is 416 g/mol. The highest BCUT2D eigenvalue weighted by molar-refractivity contribution is 7.22. The van der Waals surface area contributed by atoms with Crippen molar-refractivity contribution >= 4 is 44.2 Å². The highest BCUT2D eigenvalue weighted by Crippen LogP contribution is 2.35. The zero-order valence-electron chi connectivity index (χ0n) is 17.4. The zero-order chi connectivity index (χ0) is 22.0. The fraction of sp³-hybridized carbons (Fsp3) is 0.364. The van der Waals surface area contributed by atoms with E-state index in [0.717, 1.165) is 41.5 Å². The van der Waals surface area contributed by atoms with Gasteiger partial charge in [-0.1, -0.05) is 17.4 Å². The molecule has 9 heteroatoms. The Morgan fingerprint density at radius 1 is 1.26 bits per heavy atom. The number of benzene rings is 1. The molecule has 162 valence electrons. The van der Waals surface area contributed by atoms with Crippen LogP contribution in [0.1, 0.15) is 39.4 Å². The van der Waals surface area contributed by atoms with Gasteiger partial charge >= 0.3 is 5.97 Å². The van der Waals surface area contributed by atoms with E-state index in [1.165, 1.54) is 18.4 Å². The summed E-state index contributed by atoms with van der Waals surface area (Å²) in [5.41, 5.74) is 2.28. The number of rotatable bonds is 5. The minimum atomic E-state index is -0.548. The van der Waals surface area contributed by atoms with Crippen LogP contribution in [0.4, 0.5) is 10.8 Å². The summed E-state index contributed by atoms with van der Waals surface area (Å²) < 4.78 is 5.78. The number of carbonyl (C=O) groups is 2. The maximum atomic E-state index is 12.7. The second kappa shape index (κ2) is 8.99. The number of hydrogen-bond donors (Lipinski definition) is 2. The molecule has 1 fully saturated rings. The van der Waals surface area contributed by atoms with Crippen LogP contribution < -0.4 is 10.2 Å². The predicted octanol–water partition coefficient (Wildman–Crippen LogP) is 3.25. The van der Waals surface area contributed by atoms with Gasteiger partial charge in [0.1, 0.15) is 5.69 Å². The summed E-state index contributed by atoms with van der Waals surface area (Å²) in [6, 6.07) is 8.61. The number of thiazole rings is 1. The number of methoxy groups -OCH3 is 1. The number of hydrogen-bond acceptors (Lipinski definition) is 8. The molecule has 3 heterocycles. The third kappa shape index (κ3) is 4.52. The number of aryl methyl sites for hydroxylation is 1. The molecule has 0 spiro atoms. The maximum absolute atomic E-state index is 12.7. The topological polar surface area (TPSA) is 105 Å². The molecule has 0 unspecified atom stereocenters. The molecule has 1 aliphatic rings. The van der Waals surface area contributed by atoms with Crippen LogP contribution in [0.15, 0.2) is 30.3 Å².